The van der Waals surface area contributed by atoms with Crippen LogP contribution in [0.3, 0.4) is 0 Å². The second-order valence-corrected chi connectivity index (χ2v) is 4.61. The molecule has 0 saturated heterocycles. The van der Waals surface area contributed by atoms with Gasteiger partial charge in [-0.05, 0) is 17.9 Å². The largest absolute Gasteiger partial charge is 0.285 e. The molecule has 92 valence electrons. The highest BCUT2D eigenvalue weighted by atomic mass is 14.8. The molecular formula is C14H21N3. The van der Waals surface area contributed by atoms with Crippen molar-refractivity contribution in [3.63, 3.8) is 0 Å². The lowest BCUT2D eigenvalue weighted by atomic mass is 10.1. The van der Waals surface area contributed by atoms with E-state index < -0.39 is 0 Å². The van der Waals surface area contributed by atoms with Gasteiger partial charge in [0.1, 0.15) is 0 Å². The van der Waals surface area contributed by atoms with Crippen molar-refractivity contribution in [1.29, 1.82) is 0 Å². The van der Waals surface area contributed by atoms with Crippen LogP contribution >= 0.6 is 0 Å². The van der Waals surface area contributed by atoms with Crippen LogP contribution in [0.4, 0.5) is 0 Å². The highest BCUT2D eigenvalue weighted by molar-refractivity contribution is 5.97. The standard InChI is InChI=1S/C7H10N2.C7H11N/c1-6(2)7-5-8-3-4-9-7;1-6(2)7-4-3-5-8-7/h3-6H,1-2H3;3-4,6H,5H2,1-2H3. The molecule has 2 heterocycles. The minimum absolute atomic E-state index is 0.485. The zero-order valence-electron chi connectivity index (χ0n) is 11.1. The average molecular weight is 231 g/mol. The molecule has 0 fully saturated rings. The fourth-order valence-corrected chi connectivity index (χ4v) is 1.37. The molecule has 2 rings (SSSR count). The Kier molecular flexibility index (Phi) is 5.53. The quantitative estimate of drug-likeness (QED) is 0.783. The molecule has 0 unspecified atom stereocenters. The molecule has 1 aromatic heterocycles. The van der Waals surface area contributed by atoms with Gasteiger partial charge >= 0.3 is 0 Å². The molecule has 0 saturated carbocycles. The number of aliphatic imine (C=N–C) groups is 1. The van der Waals surface area contributed by atoms with Crippen LogP contribution in [0.2, 0.25) is 0 Å². The van der Waals surface area contributed by atoms with Crippen molar-refractivity contribution < 1.29 is 0 Å². The minimum Gasteiger partial charge on any atom is -0.285 e. The van der Waals surface area contributed by atoms with Gasteiger partial charge in [0.15, 0.2) is 0 Å². The number of hydrogen-bond donors (Lipinski definition) is 0. The van der Waals surface area contributed by atoms with Crippen molar-refractivity contribution in [2.45, 2.75) is 33.6 Å². The SMILES string of the molecule is CC(C)C1=NCC=C1.CC(C)c1cnccn1. The summed E-state index contributed by atoms with van der Waals surface area (Å²) in [7, 11) is 0. The van der Waals surface area contributed by atoms with Crippen LogP contribution in [0.1, 0.15) is 39.3 Å². The Hall–Kier alpha value is -1.51. The third kappa shape index (κ3) is 4.89. The van der Waals surface area contributed by atoms with Gasteiger partial charge in [-0.2, -0.15) is 0 Å². The van der Waals surface area contributed by atoms with Crippen molar-refractivity contribution in [1.82, 2.24) is 9.97 Å². The second-order valence-electron chi connectivity index (χ2n) is 4.61. The van der Waals surface area contributed by atoms with Crippen molar-refractivity contribution in [2.75, 3.05) is 6.54 Å². The summed E-state index contributed by atoms with van der Waals surface area (Å²) in [6.45, 7) is 9.42. The van der Waals surface area contributed by atoms with E-state index in [-0.39, 0.29) is 0 Å². The molecule has 0 bridgehead atoms. The van der Waals surface area contributed by atoms with E-state index in [1.165, 1.54) is 5.71 Å². The van der Waals surface area contributed by atoms with E-state index in [0.29, 0.717) is 11.8 Å². The molecule has 0 spiro atoms. The van der Waals surface area contributed by atoms with Gasteiger partial charge in [0.25, 0.3) is 0 Å². The minimum atomic E-state index is 0.485. The summed E-state index contributed by atoms with van der Waals surface area (Å²) in [5.74, 6) is 1.09. The maximum atomic E-state index is 4.24. The van der Waals surface area contributed by atoms with Gasteiger partial charge in [-0.3, -0.25) is 15.0 Å². The van der Waals surface area contributed by atoms with Crippen molar-refractivity contribution in [3.05, 3.63) is 36.4 Å². The first kappa shape index (κ1) is 13.6. The molecule has 1 aliphatic heterocycles. The van der Waals surface area contributed by atoms with Crippen molar-refractivity contribution >= 4 is 5.71 Å². The Labute approximate surface area is 104 Å². The summed E-state index contributed by atoms with van der Waals surface area (Å²) in [6, 6.07) is 0. The number of aromatic nitrogens is 2. The average Bonchev–Trinajstić information content (AvgIpc) is 2.84. The van der Waals surface area contributed by atoms with E-state index in [9.17, 15) is 0 Å². The zero-order chi connectivity index (χ0) is 12.7. The third-order valence-corrected chi connectivity index (χ3v) is 2.43. The number of rotatable bonds is 2. The van der Waals surface area contributed by atoms with E-state index in [0.717, 1.165) is 12.2 Å². The van der Waals surface area contributed by atoms with Crippen LogP contribution in [0.25, 0.3) is 0 Å². The summed E-state index contributed by atoms with van der Waals surface area (Å²) in [4.78, 5) is 12.3. The van der Waals surface area contributed by atoms with Gasteiger partial charge < -0.3 is 0 Å². The Morgan fingerprint density at radius 2 is 1.82 bits per heavy atom. The normalized spacial score (nSPS) is 13.6. The molecule has 0 aliphatic carbocycles. The maximum absolute atomic E-state index is 4.24. The fourth-order valence-electron chi connectivity index (χ4n) is 1.37. The monoisotopic (exact) mass is 231 g/mol. The fraction of sp³-hybridized carbons (Fsp3) is 0.500. The van der Waals surface area contributed by atoms with Crippen LogP contribution in [0.5, 0.6) is 0 Å². The lowest BCUT2D eigenvalue weighted by Crippen LogP contribution is -2.00. The first-order valence-corrected chi connectivity index (χ1v) is 6.08. The molecule has 0 amide bonds. The molecule has 0 N–H and O–H groups in total. The molecule has 17 heavy (non-hydrogen) atoms. The summed E-state index contributed by atoms with van der Waals surface area (Å²) in [5.41, 5.74) is 2.29. The summed E-state index contributed by atoms with van der Waals surface area (Å²) >= 11 is 0. The lowest BCUT2D eigenvalue weighted by molar-refractivity contribution is 0.812. The highest BCUT2D eigenvalue weighted by Gasteiger charge is 2.02. The number of allylic oxidation sites excluding steroid dienone is 1. The van der Waals surface area contributed by atoms with Gasteiger partial charge in [-0.15, -0.1) is 0 Å². The van der Waals surface area contributed by atoms with E-state index >= 15 is 0 Å². The summed E-state index contributed by atoms with van der Waals surface area (Å²) in [5, 5.41) is 0. The maximum Gasteiger partial charge on any atom is 0.0612 e. The highest BCUT2D eigenvalue weighted by Crippen LogP contribution is 2.06. The summed E-state index contributed by atoms with van der Waals surface area (Å²) < 4.78 is 0. The summed E-state index contributed by atoms with van der Waals surface area (Å²) in [6.07, 6.45) is 9.39. The van der Waals surface area contributed by atoms with Crippen LogP contribution in [-0.4, -0.2) is 22.2 Å². The van der Waals surface area contributed by atoms with E-state index in [1.54, 1.807) is 18.6 Å². The third-order valence-electron chi connectivity index (χ3n) is 2.43. The van der Waals surface area contributed by atoms with Gasteiger partial charge in [-0.1, -0.05) is 33.8 Å². The molecule has 1 aliphatic rings. The van der Waals surface area contributed by atoms with E-state index in [2.05, 4.69) is 54.8 Å². The Morgan fingerprint density at radius 1 is 1.06 bits per heavy atom. The molecule has 1 aromatic rings. The zero-order valence-corrected chi connectivity index (χ0v) is 11.1. The van der Waals surface area contributed by atoms with Gasteiger partial charge in [0.2, 0.25) is 0 Å². The second kappa shape index (κ2) is 6.94. The van der Waals surface area contributed by atoms with Gasteiger partial charge in [0.05, 0.1) is 12.2 Å². The number of hydrogen-bond acceptors (Lipinski definition) is 3. The molecule has 0 radical (unpaired) electrons. The first-order chi connectivity index (χ1) is 8.11. The lowest BCUT2D eigenvalue weighted by Gasteiger charge is -1.99. The van der Waals surface area contributed by atoms with Crippen LogP contribution < -0.4 is 0 Å². The predicted molar refractivity (Wildman–Crippen MR) is 72.4 cm³/mol. The smallest absolute Gasteiger partial charge is 0.0612 e. The molecule has 0 aromatic carbocycles. The predicted octanol–water partition coefficient (Wildman–Crippen LogP) is 3.25. The molecule has 0 atom stereocenters. The van der Waals surface area contributed by atoms with Crippen molar-refractivity contribution in [3.8, 4) is 0 Å². The van der Waals surface area contributed by atoms with Crippen LogP contribution in [0, 0.1) is 5.92 Å². The van der Waals surface area contributed by atoms with Gasteiger partial charge in [0, 0.05) is 24.3 Å². The molecular weight excluding hydrogens is 210 g/mol. The number of nitrogens with zero attached hydrogens (tertiary/aromatic N) is 3. The molecule has 3 nitrogen and oxygen atoms in total. The van der Waals surface area contributed by atoms with Gasteiger partial charge in [-0.25, -0.2) is 0 Å². The van der Waals surface area contributed by atoms with Crippen molar-refractivity contribution in [2.24, 2.45) is 10.9 Å². The Balaban J connectivity index is 0.000000171. The Bertz CT molecular complexity index is 378. The molecule has 3 heteroatoms. The van der Waals surface area contributed by atoms with Crippen LogP contribution in [0.15, 0.2) is 35.7 Å². The topological polar surface area (TPSA) is 38.1 Å². The van der Waals surface area contributed by atoms with E-state index in [4.69, 9.17) is 0 Å². The van der Waals surface area contributed by atoms with Crippen LogP contribution in [-0.2, 0) is 0 Å². The first-order valence-electron chi connectivity index (χ1n) is 6.08. The van der Waals surface area contributed by atoms with E-state index in [1.807, 2.05) is 0 Å². The Morgan fingerprint density at radius 3 is 2.12 bits per heavy atom.